The number of Topliss-reactive ketones (excluding diaryl/α,β-unsaturated/α-hetero) is 1. The molecule has 9 nitrogen and oxygen atoms in total. The van der Waals surface area contributed by atoms with Crippen molar-refractivity contribution in [2.45, 2.75) is 101 Å². The Morgan fingerprint density at radius 1 is 1.14 bits per heavy atom. The molecule has 1 aromatic heterocycles. The Labute approximate surface area is 244 Å². The first-order valence-corrected chi connectivity index (χ1v) is 15.1. The van der Waals surface area contributed by atoms with E-state index in [0.29, 0.717) is 24.8 Å². The number of carbonyl (C=O) groups is 3. The Kier molecular flexibility index (Phi) is 5.89. The van der Waals surface area contributed by atoms with Gasteiger partial charge in [-0.25, -0.2) is 0 Å². The molecule has 0 amide bonds. The van der Waals surface area contributed by atoms with Crippen LogP contribution in [0.25, 0.3) is 10.9 Å². The van der Waals surface area contributed by atoms with Gasteiger partial charge in [0, 0.05) is 39.4 Å². The second kappa shape index (κ2) is 8.85. The molecule has 7 atom stereocenters. The Morgan fingerprint density at radius 2 is 1.90 bits per heavy atom. The number of ketones is 2. The van der Waals surface area contributed by atoms with Crippen molar-refractivity contribution in [2.24, 2.45) is 11.3 Å². The Hall–Kier alpha value is -2.85. The first-order valence-electron chi connectivity index (χ1n) is 15.1. The summed E-state index contributed by atoms with van der Waals surface area (Å²) in [7, 11) is 0. The van der Waals surface area contributed by atoms with E-state index in [1.54, 1.807) is 6.92 Å². The lowest BCUT2D eigenvalue weighted by Gasteiger charge is -2.67. The molecule has 2 aromatic rings. The second-order valence-corrected chi connectivity index (χ2v) is 13.7. The summed E-state index contributed by atoms with van der Waals surface area (Å²) < 4.78 is 24.2. The molecule has 1 aromatic carbocycles. The van der Waals surface area contributed by atoms with Crippen molar-refractivity contribution in [1.82, 2.24) is 4.98 Å². The third-order valence-electron chi connectivity index (χ3n) is 11.3. The van der Waals surface area contributed by atoms with Crippen molar-refractivity contribution in [2.75, 3.05) is 13.2 Å². The number of aromatic nitrogens is 1. The molecule has 1 unspecified atom stereocenters. The Morgan fingerprint density at radius 3 is 2.67 bits per heavy atom. The van der Waals surface area contributed by atoms with Gasteiger partial charge in [-0.3, -0.25) is 14.4 Å². The maximum atomic E-state index is 13.5. The molecule has 2 N–H and O–H groups in total. The van der Waals surface area contributed by atoms with Crippen LogP contribution in [-0.2, 0) is 45.2 Å². The van der Waals surface area contributed by atoms with Crippen molar-refractivity contribution in [3.8, 4) is 0 Å². The molecule has 7 rings (SSSR count). The molecule has 9 heteroatoms. The highest BCUT2D eigenvalue weighted by Crippen LogP contribution is 2.72. The molecule has 224 valence electrons. The fourth-order valence-electron chi connectivity index (χ4n) is 9.20. The van der Waals surface area contributed by atoms with Crippen LogP contribution in [0.3, 0.4) is 0 Å². The molecule has 2 bridgehead atoms. The number of fused-ring (bicyclic) bond motifs is 9. The van der Waals surface area contributed by atoms with Crippen molar-refractivity contribution >= 4 is 28.4 Å². The predicted molar refractivity (Wildman–Crippen MR) is 152 cm³/mol. The highest BCUT2D eigenvalue weighted by Gasteiger charge is 2.78. The number of para-hydroxylation sites is 1. The molecule has 3 heterocycles. The largest absolute Gasteiger partial charge is 0.466 e. The lowest BCUT2D eigenvalue weighted by Crippen LogP contribution is -2.74. The maximum absolute atomic E-state index is 13.5. The molecular formula is C33H39NO8. The van der Waals surface area contributed by atoms with Crippen LogP contribution in [0.15, 0.2) is 35.9 Å². The molecule has 42 heavy (non-hydrogen) atoms. The molecule has 3 fully saturated rings. The molecule has 3 aliphatic carbocycles. The number of aromatic amines is 1. The normalized spacial score (nSPS) is 39.2. The molecule has 2 saturated carbocycles. The number of aliphatic hydroxyl groups is 1. The van der Waals surface area contributed by atoms with E-state index in [1.807, 2.05) is 26.0 Å². The third-order valence-corrected chi connectivity index (χ3v) is 11.3. The summed E-state index contributed by atoms with van der Waals surface area (Å²) in [6.45, 7) is 9.50. The molecule has 1 spiro atoms. The standard InChI is InChI=1S/C33H39NO8/c1-6-39-26(37)15-19(35)17-40-25-14-18-13-21-20-9-7-8-10-22(20)34-27(21)31(18,5)30(4)11-12-32-24(33(25,30)38)16-23(36)28(41-32)29(2,3)42-32/h7-10,16,18,25,28,34,38H,6,11-15,17H2,1-5H3/t18-,25+,28+,30-,31-,32?,33+/m1/s1. The first-order chi connectivity index (χ1) is 19.8. The van der Waals surface area contributed by atoms with E-state index >= 15 is 0 Å². The average Bonchev–Trinajstić information content (AvgIpc) is 3.52. The van der Waals surface area contributed by atoms with Crippen molar-refractivity contribution in [1.29, 1.82) is 0 Å². The fourth-order valence-corrected chi connectivity index (χ4v) is 9.20. The van der Waals surface area contributed by atoms with Gasteiger partial charge in [0.1, 0.15) is 24.2 Å². The van der Waals surface area contributed by atoms with E-state index < -0.39 is 58.2 Å². The van der Waals surface area contributed by atoms with Gasteiger partial charge in [-0.2, -0.15) is 0 Å². The monoisotopic (exact) mass is 577 g/mol. The van der Waals surface area contributed by atoms with E-state index in [4.69, 9.17) is 18.9 Å². The van der Waals surface area contributed by atoms with Gasteiger partial charge in [0.2, 0.25) is 0 Å². The minimum atomic E-state index is -1.71. The number of esters is 1. The van der Waals surface area contributed by atoms with Crippen LogP contribution in [0, 0.1) is 11.3 Å². The number of nitrogens with one attached hydrogen (secondary N) is 1. The lowest BCUT2D eigenvalue weighted by molar-refractivity contribution is -0.279. The number of carbonyl (C=O) groups excluding carboxylic acids is 3. The van der Waals surface area contributed by atoms with Crippen LogP contribution in [0.5, 0.6) is 0 Å². The molecule has 5 aliphatic rings. The van der Waals surface area contributed by atoms with Gasteiger partial charge in [-0.05, 0) is 63.7 Å². The summed E-state index contributed by atoms with van der Waals surface area (Å²) in [4.78, 5) is 42.0. The molecule has 2 aliphatic heterocycles. The zero-order valence-corrected chi connectivity index (χ0v) is 24.9. The minimum absolute atomic E-state index is 0.0994. The van der Waals surface area contributed by atoms with Gasteiger partial charge in [0.15, 0.2) is 23.5 Å². The first kappa shape index (κ1) is 28.0. The topological polar surface area (TPSA) is 124 Å². The fraction of sp³-hybridized carbons (Fsp3) is 0.606. The van der Waals surface area contributed by atoms with Gasteiger partial charge >= 0.3 is 5.97 Å². The molecule has 0 radical (unpaired) electrons. The highest BCUT2D eigenvalue weighted by atomic mass is 16.8. The Bertz CT molecular complexity index is 1560. The van der Waals surface area contributed by atoms with Crippen LogP contribution in [-0.4, -0.2) is 70.0 Å². The second-order valence-electron chi connectivity index (χ2n) is 13.7. The summed E-state index contributed by atoms with van der Waals surface area (Å²) in [6.07, 6.45) is 1.77. The van der Waals surface area contributed by atoms with Crippen LogP contribution >= 0.6 is 0 Å². The van der Waals surface area contributed by atoms with Gasteiger partial charge in [-0.1, -0.05) is 32.0 Å². The molecule has 1 saturated heterocycles. The summed E-state index contributed by atoms with van der Waals surface area (Å²) in [5.41, 5.74) is -0.132. The lowest BCUT2D eigenvalue weighted by atomic mass is 9.41. The number of benzene rings is 1. The highest BCUT2D eigenvalue weighted by molar-refractivity contribution is 5.97. The minimum Gasteiger partial charge on any atom is -0.466 e. The maximum Gasteiger partial charge on any atom is 0.313 e. The van der Waals surface area contributed by atoms with Crippen LogP contribution in [0.2, 0.25) is 0 Å². The number of hydrogen-bond donors (Lipinski definition) is 2. The number of ether oxygens (including phenoxy) is 4. The smallest absolute Gasteiger partial charge is 0.313 e. The summed E-state index contributed by atoms with van der Waals surface area (Å²) in [6, 6.07) is 8.25. The SMILES string of the molecule is CCOC(=O)CC(=O)CO[C@H]1C[C@H]2Cc3c([nH]c4ccccc34)[C@]2(C)[C@@]2(C)CCC34O[C@@H](C(=O)C=C3[C@]12O)C(C)(C)O4. The zero-order chi connectivity index (χ0) is 29.9. The van der Waals surface area contributed by atoms with Gasteiger partial charge in [0.05, 0.1) is 12.7 Å². The number of rotatable bonds is 6. The number of hydrogen-bond acceptors (Lipinski definition) is 8. The predicted octanol–water partition coefficient (Wildman–Crippen LogP) is 3.84. The van der Waals surface area contributed by atoms with Crippen LogP contribution < -0.4 is 0 Å². The number of H-pyrrole nitrogens is 1. The van der Waals surface area contributed by atoms with E-state index in [-0.39, 0.29) is 24.9 Å². The van der Waals surface area contributed by atoms with E-state index in [0.717, 1.165) is 17.6 Å². The van der Waals surface area contributed by atoms with Gasteiger partial charge in [-0.15, -0.1) is 0 Å². The zero-order valence-electron chi connectivity index (χ0n) is 24.9. The summed E-state index contributed by atoms with van der Waals surface area (Å²) in [5.74, 6) is -2.45. The quantitative estimate of drug-likeness (QED) is 0.392. The molecular weight excluding hydrogens is 538 g/mol. The van der Waals surface area contributed by atoms with Crippen LogP contribution in [0.1, 0.15) is 71.6 Å². The third kappa shape index (κ3) is 3.36. The van der Waals surface area contributed by atoms with E-state index in [2.05, 4.69) is 31.0 Å². The Balaban J connectivity index is 1.35. The average molecular weight is 578 g/mol. The summed E-state index contributed by atoms with van der Waals surface area (Å²) in [5, 5.41) is 14.4. The van der Waals surface area contributed by atoms with Gasteiger partial charge in [0.25, 0.3) is 0 Å². The van der Waals surface area contributed by atoms with Gasteiger partial charge < -0.3 is 29.0 Å². The van der Waals surface area contributed by atoms with Crippen molar-refractivity contribution in [3.63, 3.8) is 0 Å². The van der Waals surface area contributed by atoms with Crippen molar-refractivity contribution < 1.29 is 38.4 Å². The van der Waals surface area contributed by atoms with E-state index in [9.17, 15) is 19.5 Å². The van der Waals surface area contributed by atoms with Crippen molar-refractivity contribution in [3.05, 3.63) is 47.2 Å². The summed E-state index contributed by atoms with van der Waals surface area (Å²) >= 11 is 0. The van der Waals surface area contributed by atoms with Crippen LogP contribution in [0.4, 0.5) is 0 Å². The van der Waals surface area contributed by atoms with E-state index in [1.165, 1.54) is 17.0 Å².